The molecule has 0 fully saturated rings. The SMILES string of the molecule is O=C(N[C@@H]1CCN2CCCc3cccc1c32)c1cccs1. The second-order valence-corrected chi connectivity index (χ2v) is 6.69. The number of thiophene rings is 1. The van der Waals surface area contributed by atoms with Crippen molar-refractivity contribution in [3.8, 4) is 0 Å². The van der Waals surface area contributed by atoms with Crippen LogP contribution in [-0.4, -0.2) is 19.0 Å². The van der Waals surface area contributed by atoms with Gasteiger partial charge < -0.3 is 10.2 Å². The van der Waals surface area contributed by atoms with Gasteiger partial charge in [0.15, 0.2) is 0 Å². The van der Waals surface area contributed by atoms with Crippen molar-refractivity contribution >= 4 is 22.9 Å². The van der Waals surface area contributed by atoms with Gasteiger partial charge in [-0.05, 0) is 41.8 Å². The molecule has 0 bridgehead atoms. The Bertz CT molecular complexity index is 665. The first-order valence-corrected chi connectivity index (χ1v) is 8.42. The number of hydrogen-bond acceptors (Lipinski definition) is 3. The molecule has 0 saturated carbocycles. The van der Waals surface area contributed by atoms with Crippen molar-refractivity contribution in [2.24, 2.45) is 0 Å². The highest BCUT2D eigenvalue weighted by Crippen LogP contribution is 2.39. The van der Waals surface area contributed by atoms with Gasteiger partial charge >= 0.3 is 0 Å². The van der Waals surface area contributed by atoms with Gasteiger partial charge in [0.05, 0.1) is 10.9 Å². The van der Waals surface area contributed by atoms with Crippen LogP contribution in [0, 0.1) is 0 Å². The molecule has 1 aromatic heterocycles. The highest BCUT2D eigenvalue weighted by molar-refractivity contribution is 7.12. The first kappa shape index (κ1) is 12.9. The Hall–Kier alpha value is -1.81. The third-order valence-electron chi connectivity index (χ3n) is 4.45. The van der Waals surface area contributed by atoms with Crippen molar-refractivity contribution in [2.75, 3.05) is 18.0 Å². The maximum absolute atomic E-state index is 12.3. The lowest BCUT2D eigenvalue weighted by Crippen LogP contribution is -2.40. The maximum Gasteiger partial charge on any atom is 0.261 e. The Morgan fingerprint density at radius 2 is 2.19 bits per heavy atom. The van der Waals surface area contributed by atoms with E-state index in [0.717, 1.165) is 30.8 Å². The van der Waals surface area contributed by atoms with Crippen LogP contribution in [-0.2, 0) is 6.42 Å². The Balaban J connectivity index is 1.65. The average Bonchev–Trinajstić information content (AvgIpc) is 3.05. The molecule has 108 valence electrons. The summed E-state index contributed by atoms with van der Waals surface area (Å²) in [5.74, 6) is 0.0527. The minimum Gasteiger partial charge on any atom is -0.371 e. The number of carbonyl (C=O) groups is 1. The van der Waals surface area contributed by atoms with Crippen molar-refractivity contribution in [3.63, 3.8) is 0 Å². The number of amides is 1. The summed E-state index contributed by atoms with van der Waals surface area (Å²) in [4.78, 5) is 15.6. The molecule has 1 N–H and O–H groups in total. The van der Waals surface area contributed by atoms with Crippen molar-refractivity contribution in [1.82, 2.24) is 5.32 Å². The van der Waals surface area contributed by atoms with Crippen LogP contribution in [0.2, 0.25) is 0 Å². The molecule has 1 aromatic carbocycles. The van der Waals surface area contributed by atoms with E-state index in [9.17, 15) is 4.79 Å². The molecule has 0 aliphatic carbocycles. The number of carbonyl (C=O) groups excluding carboxylic acids is 1. The van der Waals surface area contributed by atoms with Gasteiger partial charge in [0, 0.05) is 18.8 Å². The lowest BCUT2D eigenvalue weighted by molar-refractivity contribution is 0.0938. The number of hydrogen-bond donors (Lipinski definition) is 1. The third-order valence-corrected chi connectivity index (χ3v) is 5.32. The van der Waals surface area contributed by atoms with Gasteiger partial charge in [-0.15, -0.1) is 11.3 Å². The zero-order chi connectivity index (χ0) is 14.2. The molecule has 0 radical (unpaired) electrons. The molecular weight excluding hydrogens is 280 g/mol. The summed E-state index contributed by atoms with van der Waals surface area (Å²) in [7, 11) is 0. The second kappa shape index (κ2) is 5.19. The van der Waals surface area contributed by atoms with Crippen LogP contribution < -0.4 is 10.2 Å². The highest BCUT2D eigenvalue weighted by Gasteiger charge is 2.30. The van der Waals surface area contributed by atoms with Gasteiger partial charge in [-0.1, -0.05) is 24.3 Å². The van der Waals surface area contributed by atoms with E-state index in [2.05, 4.69) is 28.4 Å². The fourth-order valence-electron chi connectivity index (χ4n) is 3.50. The molecule has 1 amide bonds. The summed E-state index contributed by atoms with van der Waals surface area (Å²) in [6, 6.07) is 10.5. The minimum atomic E-state index is 0.0527. The van der Waals surface area contributed by atoms with Crippen molar-refractivity contribution in [3.05, 3.63) is 51.7 Å². The van der Waals surface area contributed by atoms with E-state index in [-0.39, 0.29) is 11.9 Å². The van der Waals surface area contributed by atoms with E-state index < -0.39 is 0 Å². The van der Waals surface area contributed by atoms with E-state index in [1.807, 2.05) is 17.5 Å². The Labute approximate surface area is 128 Å². The van der Waals surface area contributed by atoms with Crippen LogP contribution >= 0.6 is 11.3 Å². The van der Waals surface area contributed by atoms with Crippen LogP contribution in [0.15, 0.2) is 35.7 Å². The molecular formula is C17H18N2OS. The standard InChI is InChI=1S/C17H18N2OS/c20-17(15-7-3-11-21-15)18-14-8-10-19-9-2-5-12-4-1-6-13(14)16(12)19/h1,3-4,6-7,11,14H,2,5,8-10H2,(H,18,20)/t14-/m1/s1. The summed E-state index contributed by atoms with van der Waals surface area (Å²) >= 11 is 1.50. The number of aryl methyl sites for hydroxylation is 1. The summed E-state index contributed by atoms with van der Waals surface area (Å²) in [6.07, 6.45) is 3.39. The van der Waals surface area contributed by atoms with Crippen molar-refractivity contribution in [2.45, 2.75) is 25.3 Å². The van der Waals surface area contributed by atoms with Crippen LogP contribution in [0.25, 0.3) is 0 Å². The zero-order valence-electron chi connectivity index (χ0n) is 11.8. The Morgan fingerprint density at radius 3 is 3.05 bits per heavy atom. The smallest absolute Gasteiger partial charge is 0.261 e. The van der Waals surface area contributed by atoms with Crippen LogP contribution in [0.1, 0.15) is 39.7 Å². The quantitative estimate of drug-likeness (QED) is 0.922. The van der Waals surface area contributed by atoms with Crippen molar-refractivity contribution < 1.29 is 4.79 Å². The number of anilines is 1. The van der Waals surface area contributed by atoms with E-state index in [0.29, 0.717) is 0 Å². The predicted octanol–water partition coefficient (Wildman–Crippen LogP) is 3.38. The summed E-state index contributed by atoms with van der Waals surface area (Å²) < 4.78 is 0. The van der Waals surface area contributed by atoms with E-state index in [1.165, 1.54) is 34.6 Å². The zero-order valence-corrected chi connectivity index (χ0v) is 12.7. The van der Waals surface area contributed by atoms with Gasteiger partial charge in [0.1, 0.15) is 0 Å². The maximum atomic E-state index is 12.3. The van der Waals surface area contributed by atoms with E-state index >= 15 is 0 Å². The molecule has 2 aromatic rings. The number of nitrogens with one attached hydrogen (secondary N) is 1. The summed E-state index contributed by atoms with van der Waals surface area (Å²) in [5, 5.41) is 5.16. The lowest BCUT2D eigenvalue weighted by Gasteiger charge is -2.40. The van der Waals surface area contributed by atoms with Crippen molar-refractivity contribution in [1.29, 1.82) is 0 Å². The topological polar surface area (TPSA) is 32.3 Å². The monoisotopic (exact) mass is 298 g/mol. The second-order valence-electron chi connectivity index (χ2n) is 5.74. The fraction of sp³-hybridized carbons (Fsp3) is 0.353. The predicted molar refractivity (Wildman–Crippen MR) is 86.1 cm³/mol. The molecule has 3 nitrogen and oxygen atoms in total. The Kier molecular flexibility index (Phi) is 3.19. The van der Waals surface area contributed by atoms with Crippen LogP contribution in [0.4, 0.5) is 5.69 Å². The van der Waals surface area contributed by atoms with Crippen LogP contribution in [0.3, 0.4) is 0 Å². The molecule has 0 unspecified atom stereocenters. The molecule has 3 heterocycles. The number of rotatable bonds is 2. The first-order valence-electron chi connectivity index (χ1n) is 7.54. The largest absolute Gasteiger partial charge is 0.371 e. The highest BCUT2D eigenvalue weighted by atomic mass is 32.1. The number of nitrogens with zero attached hydrogens (tertiary/aromatic N) is 1. The molecule has 0 spiro atoms. The molecule has 2 aliphatic rings. The summed E-state index contributed by atoms with van der Waals surface area (Å²) in [6.45, 7) is 2.19. The average molecular weight is 298 g/mol. The summed E-state index contributed by atoms with van der Waals surface area (Å²) in [5.41, 5.74) is 4.11. The van der Waals surface area contributed by atoms with Gasteiger partial charge in [0.25, 0.3) is 5.91 Å². The van der Waals surface area contributed by atoms with E-state index in [4.69, 9.17) is 0 Å². The Morgan fingerprint density at radius 1 is 1.24 bits per heavy atom. The van der Waals surface area contributed by atoms with Gasteiger partial charge in [-0.2, -0.15) is 0 Å². The lowest BCUT2D eigenvalue weighted by atomic mass is 9.89. The molecule has 21 heavy (non-hydrogen) atoms. The van der Waals surface area contributed by atoms with Gasteiger partial charge in [-0.25, -0.2) is 0 Å². The number of benzene rings is 1. The normalized spacial score (nSPS) is 20.0. The van der Waals surface area contributed by atoms with Gasteiger partial charge in [-0.3, -0.25) is 4.79 Å². The fourth-order valence-corrected chi connectivity index (χ4v) is 4.13. The minimum absolute atomic E-state index is 0.0527. The molecule has 4 rings (SSSR count). The third kappa shape index (κ3) is 2.23. The molecule has 4 heteroatoms. The van der Waals surface area contributed by atoms with E-state index in [1.54, 1.807) is 0 Å². The van der Waals surface area contributed by atoms with Crippen LogP contribution in [0.5, 0.6) is 0 Å². The molecule has 0 saturated heterocycles. The first-order chi connectivity index (χ1) is 10.3. The molecule has 2 aliphatic heterocycles. The molecule has 1 atom stereocenters. The number of para-hydroxylation sites is 1. The van der Waals surface area contributed by atoms with Gasteiger partial charge in [0.2, 0.25) is 0 Å².